The van der Waals surface area contributed by atoms with Crippen molar-refractivity contribution in [3.05, 3.63) is 47.5 Å². The molecule has 0 bridgehead atoms. The second kappa shape index (κ2) is 4.46. The molecule has 3 heterocycles. The monoisotopic (exact) mass is 280 g/mol. The van der Waals surface area contributed by atoms with Gasteiger partial charge in [-0.25, -0.2) is 4.98 Å². The third-order valence-electron chi connectivity index (χ3n) is 4.52. The minimum absolute atomic E-state index is 1.03. The standard InChI is InChI=1S/C17H20N4/c1-12-4-5-15-13(8-12)14-10-19(2)7-6-16(14)21(15)17-9-18-11-20(17)3/h4-5,8-9,11H,6-7,10H2,1-3H3. The highest BCUT2D eigenvalue weighted by molar-refractivity contribution is 5.88. The summed E-state index contributed by atoms with van der Waals surface area (Å²) in [6, 6.07) is 6.76. The van der Waals surface area contributed by atoms with E-state index in [-0.39, 0.29) is 0 Å². The molecule has 0 N–H and O–H groups in total. The van der Waals surface area contributed by atoms with Crippen LogP contribution in [0.1, 0.15) is 16.8 Å². The SMILES string of the molecule is Cc1ccc2c(c1)c1c(n2-c2cncn2C)CCN(C)C1. The Balaban J connectivity index is 2.09. The highest BCUT2D eigenvalue weighted by Gasteiger charge is 2.23. The molecule has 4 heteroatoms. The van der Waals surface area contributed by atoms with Crippen LogP contribution in [0.15, 0.2) is 30.7 Å². The summed E-state index contributed by atoms with van der Waals surface area (Å²) in [6.07, 6.45) is 4.92. The molecule has 0 saturated heterocycles. The summed E-state index contributed by atoms with van der Waals surface area (Å²) >= 11 is 0. The van der Waals surface area contributed by atoms with E-state index < -0.39 is 0 Å². The van der Waals surface area contributed by atoms with Crippen molar-refractivity contribution in [2.75, 3.05) is 13.6 Å². The number of likely N-dealkylation sites (N-methyl/N-ethyl adjacent to an activating group) is 1. The van der Waals surface area contributed by atoms with Crippen LogP contribution >= 0.6 is 0 Å². The van der Waals surface area contributed by atoms with Gasteiger partial charge in [-0.3, -0.25) is 4.57 Å². The summed E-state index contributed by atoms with van der Waals surface area (Å²) in [6.45, 7) is 4.31. The molecule has 0 atom stereocenters. The third-order valence-corrected chi connectivity index (χ3v) is 4.52. The van der Waals surface area contributed by atoms with E-state index in [4.69, 9.17) is 0 Å². The zero-order chi connectivity index (χ0) is 14.6. The van der Waals surface area contributed by atoms with Gasteiger partial charge in [0.25, 0.3) is 0 Å². The molecule has 0 amide bonds. The third kappa shape index (κ3) is 1.83. The lowest BCUT2D eigenvalue weighted by molar-refractivity contribution is 0.311. The molecule has 1 aliphatic rings. The molecule has 0 fully saturated rings. The van der Waals surface area contributed by atoms with E-state index in [2.05, 4.69) is 58.2 Å². The summed E-state index contributed by atoms with van der Waals surface area (Å²) in [7, 11) is 4.26. The lowest BCUT2D eigenvalue weighted by Crippen LogP contribution is -2.27. The number of aromatic nitrogens is 3. The second-order valence-corrected chi connectivity index (χ2v) is 6.13. The summed E-state index contributed by atoms with van der Waals surface area (Å²) < 4.78 is 4.49. The van der Waals surface area contributed by atoms with Gasteiger partial charge in [-0.2, -0.15) is 0 Å². The van der Waals surface area contributed by atoms with E-state index in [1.807, 2.05) is 12.5 Å². The van der Waals surface area contributed by atoms with Crippen molar-refractivity contribution in [1.82, 2.24) is 19.0 Å². The van der Waals surface area contributed by atoms with Gasteiger partial charge in [-0.1, -0.05) is 11.6 Å². The Bertz CT molecular complexity index is 825. The molecule has 0 unspecified atom stereocenters. The van der Waals surface area contributed by atoms with Crippen molar-refractivity contribution < 1.29 is 0 Å². The average Bonchev–Trinajstić information content (AvgIpc) is 3.00. The van der Waals surface area contributed by atoms with E-state index in [0.717, 1.165) is 25.3 Å². The van der Waals surface area contributed by atoms with E-state index in [0.29, 0.717) is 0 Å². The summed E-state index contributed by atoms with van der Waals surface area (Å²) in [5.41, 5.74) is 5.53. The smallest absolute Gasteiger partial charge is 0.137 e. The van der Waals surface area contributed by atoms with Crippen LogP contribution in [0.3, 0.4) is 0 Å². The molecule has 21 heavy (non-hydrogen) atoms. The molecule has 0 spiro atoms. The van der Waals surface area contributed by atoms with Gasteiger partial charge in [0.15, 0.2) is 0 Å². The molecule has 1 aromatic carbocycles. The molecule has 4 rings (SSSR count). The van der Waals surface area contributed by atoms with Gasteiger partial charge < -0.3 is 9.47 Å². The Labute approximate surface area is 124 Å². The van der Waals surface area contributed by atoms with Gasteiger partial charge in [0.2, 0.25) is 0 Å². The van der Waals surface area contributed by atoms with E-state index in [1.165, 1.54) is 27.7 Å². The minimum atomic E-state index is 1.03. The van der Waals surface area contributed by atoms with Crippen LogP contribution in [0, 0.1) is 6.92 Å². The van der Waals surface area contributed by atoms with Crippen molar-refractivity contribution in [2.45, 2.75) is 19.9 Å². The molecule has 4 nitrogen and oxygen atoms in total. The zero-order valence-corrected chi connectivity index (χ0v) is 12.8. The first-order chi connectivity index (χ1) is 10.1. The summed E-state index contributed by atoms with van der Waals surface area (Å²) in [4.78, 5) is 6.70. The van der Waals surface area contributed by atoms with Crippen LogP contribution in [0.5, 0.6) is 0 Å². The number of fused-ring (bicyclic) bond motifs is 3. The van der Waals surface area contributed by atoms with Gasteiger partial charge in [-0.15, -0.1) is 0 Å². The Morgan fingerprint density at radius 3 is 2.81 bits per heavy atom. The molecule has 3 aromatic rings. The number of hydrogen-bond donors (Lipinski definition) is 0. The predicted molar refractivity (Wildman–Crippen MR) is 84.8 cm³/mol. The van der Waals surface area contributed by atoms with Crippen LogP contribution in [-0.2, 0) is 20.0 Å². The minimum Gasteiger partial charge on any atom is -0.320 e. The molecular weight excluding hydrogens is 260 g/mol. The van der Waals surface area contributed by atoms with Gasteiger partial charge in [0.1, 0.15) is 5.82 Å². The van der Waals surface area contributed by atoms with Crippen molar-refractivity contribution >= 4 is 10.9 Å². The molecule has 2 aromatic heterocycles. The van der Waals surface area contributed by atoms with Gasteiger partial charge >= 0.3 is 0 Å². The number of imidazole rings is 1. The number of nitrogens with zero attached hydrogens (tertiary/aromatic N) is 4. The molecular formula is C17H20N4. The van der Waals surface area contributed by atoms with Gasteiger partial charge in [0, 0.05) is 37.6 Å². The van der Waals surface area contributed by atoms with Crippen molar-refractivity contribution in [3.8, 4) is 5.82 Å². The number of hydrogen-bond acceptors (Lipinski definition) is 2. The molecule has 1 aliphatic heterocycles. The molecule has 0 radical (unpaired) electrons. The predicted octanol–water partition coefficient (Wildman–Crippen LogP) is 2.66. The van der Waals surface area contributed by atoms with Crippen LogP contribution in [0.25, 0.3) is 16.7 Å². The second-order valence-electron chi connectivity index (χ2n) is 6.13. The Morgan fingerprint density at radius 2 is 2.05 bits per heavy atom. The van der Waals surface area contributed by atoms with E-state index in [1.54, 1.807) is 0 Å². The van der Waals surface area contributed by atoms with E-state index in [9.17, 15) is 0 Å². The average molecular weight is 280 g/mol. The lowest BCUT2D eigenvalue weighted by atomic mass is 10.0. The maximum absolute atomic E-state index is 4.30. The van der Waals surface area contributed by atoms with Crippen LogP contribution < -0.4 is 0 Å². The normalized spacial score (nSPS) is 15.6. The maximum atomic E-state index is 4.30. The van der Waals surface area contributed by atoms with Crippen molar-refractivity contribution in [2.24, 2.45) is 7.05 Å². The largest absolute Gasteiger partial charge is 0.320 e. The van der Waals surface area contributed by atoms with Crippen LogP contribution in [0.4, 0.5) is 0 Å². The van der Waals surface area contributed by atoms with Crippen molar-refractivity contribution in [3.63, 3.8) is 0 Å². The van der Waals surface area contributed by atoms with Gasteiger partial charge in [0.05, 0.1) is 18.0 Å². The van der Waals surface area contributed by atoms with Crippen LogP contribution in [0.2, 0.25) is 0 Å². The highest BCUT2D eigenvalue weighted by Crippen LogP contribution is 2.33. The lowest BCUT2D eigenvalue weighted by Gasteiger charge is -2.24. The quantitative estimate of drug-likeness (QED) is 0.685. The number of rotatable bonds is 1. The number of aryl methyl sites for hydroxylation is 2. The van der Waals surface area contributed by atoms with E-state index >= 15 is 0 Å². The Morgan fingerprint density at radius 1 is 1.19 bits per heavy atom. The van der Waals surface area contributed by atoms with Crippen molar-refractivity contribution in [1.29, 1.82) is 0 Å². The van der Waals surface area contributed by atoms with Crippen LogP contribution in [-0.4, -0.2) is 32.6 Å². The fraction of sp³-hybridized carbons (Fsp3) is 0.353. The first-order valence-corrected chi connectivity index (χ1v) is 7.43. The summed E-state index contributed by atoms with van der Waals surface area (Å²) in [5.74, 6) is 1.15. The molecule has 108 valence electrons. The number of benzene rings is 1. The zero-order valence-electron chi connectivity index (χ0n) is 12.8. The van der Waals surface area contributed by atoms with Gasteiger partial charge in [-0.05, 0) is 31.7 Å². The Kier molecular flexibility index (Phi) is 2.69. The Hall–Kier alpha value is -2.07. The highest BCUT2D eigenvalue weighted by atomic mass is 15.2. The summed E-state index contributed by atoms with van der Waals surface area (Å²) in [5, 5.41) is 1.39. The fourth-order valence-corrected chi connectivity index (χ4v) is 3.43. The molecule has 0 aliphatic carbocycles. The fourth-order valence-electron chi connectivity index (χ4n) is 3.43. The topological polar surface area (TPSA) is 26.0 Å². The first kappa shape index (κ1) is 12.7. The molecule has 0 saturated carbocycles. The maximum Gasteiger partial charge on any atom is 0.137 e. The first-order valence-electron chi connectivity index (χ1n) is 7.43.